The van der Waals surface area contributed by atoms with Crippen molar-refractivity contribution in [3.8, 4) is 5.75 Å². The molecule has 0 bridgehead atoms. The summed E-state index contributed by atoms with van der Waals surface area (Å²) in [4.78, 5) is 0. The standard InChI is InChI=1S/C14H13ClN2O/c1-18-14-5-3-2-4-11(14)10-16-17-13-8-6-12(15)7-9-13/h2-10,17H,1H3/b16-10+. The molecular formula is C14H13ClN2O. The fraction of sp³-hybridized carbons (Fsp3) is 0.0714. The number of hydrogen-bond acceptors (Lipinski definition) is 3. The highest BCUT2D eigenvalue weighted by Gasteiger charge is 1.97. The fourth-order valence-electron chi connectivity index (χ4n) is 1.47. The van der Waals surface area contributed by atoms with Gasteiger partial charge in [0, 0.05) is 10.6 Å². The molecule has 92 valence electrons. The SMILES string of the molecule is COc1ccccc1/C=N/Nc1ccc(Cl)cc1. The first-order chi connectivity index (χ1) is 8.79. The molecule has 0 unspecified atom stereocenters. The van der Waals surface area contributed by atoms with Crippen LogP contribution < -0.4 is 10.2 Å². The number of anilines is 1. The van der Waals surface area contributed by atoms with E-state index in [2.05, 4.69) is 10.5 Å². The van der Waals surface area contributed by atoms with E-state index in [0.29, 0.717) is 5.02 Å². The highest BCUT2D eigenvalue weighted by atomic mass is 35.5. The lowest BCUT2D eigenvalue weighted by molar-refractivity contribution is 0.414. The number of nitrogens with zero attached hydrogens (tertiary/aromatic N) is 1. The number of ether oxygens (including phenoxy) is 1. The van der Waals surface area contributed by atoms with Gasteiger partial charge in [-0.2, -0.15) is 5.10 Å². The molecule has 0 aliphatic rings. The van der Waals surface area contributed by atoms with Gasteiger partial charge in [-0.25, -0.2) is 0 Å². The molecule has 0 aromatic heterocycles. The number of rotatable bonds is 4. The van der Waals surface area contributed by atoms with Gasteiger partial charge in [0.1, 0.15) is 5.75 Å². The summed E-state index contributed by atoms with van der Waals surface area (Å²) in [6.45, 7) is 0. The van der Waals surface area contributed by atoms with Gasteiger partial charge >= 0.3 is 0 Å². The Hall–Kier alpha value is -2.00. The third kappa shape index (κ3) is 3.25. The maximum atomic E-state index is 5.80. The molecule has 0 radical (unpaired) electrons. The van der Waals surface area contributed by atoms with E-state index in [4.69, 9.17) is 16.3 Å². The molecule has 0 heterocycles. The number of benzene rings is 2. The largest absolute Gasteiger partial charge is 0.496 e. The number of para-hydroxylation sites is 1. The lowest BCUT2D eigenvalue weighted by Crippen LogP contribution is -1.93. The van der Waals surface area contributed by atoms with Gasteiger partial charge in [-0.15, -0.1) is 0 Å². The smallest absolute Gasteiger partial charge is 0.127 e. The molecule has 2 aromatic rings. The average Bonchev–Trinajstić information content (AvgIpc) is 2.41. The zero-order chi connectivity index (χ0) is 12.8. The lowest BCUT2D eigenvalue weighted by atomic mass is 10.2. The van der Waals surface area contributed by atoms with E-state index in [1.54, 1.807) is 13.3 Å². The Kier molecular flexibility index (Phi) is 4.20. The molecule has 0 aliphatic carbocycles. The van der Waals surface area contributed by atoms with Crippen molar-refractivity contribution in [2.75, 3.05) is 12.5 Å². The molecular weight excluding hydrogens is 248 g/mol. The van der Waals surface area contributed by atoms with Gasteiger partial charge in [0.05, 0.1) is 19.0 Å². The number of hydrazone groups is 1. The van der Waals surface area contributed by atoms with E-state index < -0.39 is 0 Å². The van der Waals surface area contributed by atoms with Gasteiger partial charge in [0.25, 0.3) is 0 Å². The fourth-order valence-corrected chi connectivity index (χ4v) is 1.60. The molecule has 2 rings (SSSR count). The van der Waals surface area contributed by atoms with Crippen LogP contribution in [-0.2, 0) is 0 Å². The molecule has 1 N–H and O–H groups in total. The van der Waals surface area contributed by atoms with Crippen molar-refractivity contribution in [3.05, 3.63) is 59.1 Å². The Morgan fingerprint density at radius 1 is 1.11 bits per heavy atom. The maximum Gasteiger partial charge on any atom is 0.127 e. The first kappa shape index (κ1) is 12.5. The first-order valence-corrected chi connectivity index (χ1v) is 5.85. The van der Waals surface area contributed by atoms with Crippen LogP contribution in [0, 0.1) is 0 Å². The normalized spacial score (nSPS) is 10.6. The molecule has 0 spiro atoms. The Balaban J connectivity index is 2.05. The predicted molar refractivity (Wildman–Crippen MR) is 75.7 cm³/mol. The quantitative estimate of drug-likeness (QED) is 0.670. The molecule has 0 aliphatic heterocycles. The second kappa shape index (κ2) is 6.07. The lowest BCUT2D eigenvalue weighted by Gasteiger charge is -2.03. The Bertz CT molecular complexity index is 538. The van der Waals surface area contributed by atoms with E-state index in [1.807, 2.05) is 48.5 Å². The molecule has 18 heavy (non-hydrogen) atoms. The summed E-state index contributed by atoms with van der Waals surface area (Å²) in [6, 6.07) is 15.0. The third-order valence-electron chi connectivity index (χ3n) is 2.38. The minimum Gasteiger partial charge on any atom is -0.496 e. The molecule has 0 amide bonds. The van der Waals surface area contributed by atoms with E-state index in [0.717, 1.165) is 17.0 Å². The first-order valence-electron chi connectivity index (χ1n) is 5.47. The van der Waals surface area contributed by atoms with Gasteiger partial charge in [-0.1, -0.05) is 23.7 Å². The summed E-state index contributed by atoms with van der Waals surface area (Å²) < 4.78 is 5.23. The van der Waals surface area contributed by atoms with Crippen LogP contribution in [0.4, 0.5) is 5.69 Å². The Morgan fingerprint density at radius 2 is 1.83 bits per heavy atom. The van der Waals surface area contributed by atoms with Crippen molar-refractivity contribution < 1.29 is 4.74 Å². The number of nitrogens with one attached hydrogen (secondary N) is 1. The van der Waals surface area contributed by atoms with Crippen LogP contribution in [0.5, 0.6) is 5.75 Å². The van der Waals surface area contributed by atoms with Crippen LogP contribution in [0.1, 0.15) is 5.56 Å². The molecule has 3 nitrogen and oxygen atoms in total. The van der Waals surface area contributed by atoms with Crippen molar-refractivity contribution in [1.29, 1.82) is 0 Å². The average molecular weight is 261 g/mol. The summed E-state index contributed by atoms with van der Waals surface area (Å²) in [6.07, 6.45) is 1.72. The zero-order valence-electron chi connectivity index (χ0n) is 9.93. The molecule has 4 heteroatoms. The van der Waals surface area contributed by atoms with Crippen molar-refractivity contribution in [2.45, 2.75) is 0 Å². The molecule has 0 saturated heterocycles. The van der Waals surface area contributed by atoms with Gasteiger partial charge in [-0.05, 0) is 36.4 Å². The van der Waals surface area contributed by atoms with Gasteiger partial charge < -0.3 is 4.74 Å². The molecule has 2 aromatic carbocycles. The van der Waals surface area contributed by atoms with Crippen molar-refractivity contribution in [1.82, 2.24) is 0 Å². The highest BCUT2D eigenvalue weighted by Crippen LogP contribution is 2.16. The third-order valence-corrected chi connectivity index (χ3v) is 2.63. The molecule has 0 saturated carbocycles. The molecule has 0 atom stereocenters. The van der Waals surface area contributed by atoms with Gasteiger partial charge in [-0.3, -0.25) is 5.43 Å². The number of methoxy groups -OCH3 is 1. The Morgan fingerprint density at radius 3 is 2.56 bits per heavy atom. The van der Waals surface area contributed by atoms with Crippen LogP contribution in [0.3, 0.4) is 0 Å². The minimum absolute atomic E-state index is 0.703. The van der Waals surface area contributed by atoms with Crippen LogP contribution in [0.25, 0.3) is 0 Å². The summed E-state index contributed by atoms with van der Waals surface area (Å²) in [7, 11) is 1.64. The van der Waals surface area contributed by atoms with E-state index >= 15 is 0 Å². The second-order valence-corrected chi connectivity index (χ2v) is 4.06. The van der Waals surface area contributed by atoms with E-state index in [1.165, 1.54) is 0 Å². The molecule has 0 fully saturated rings. The minimum atomic E-state index is 0.703. The van der Waals surface area contributed by atoms with E-state index in [9.17, 15) is 0 Å². The van der Waals surface area contributed by atoms with Crippen LogP contribution in [0.2, 0.25) is 5.02 Å². The Labute approximate surface area is 111 Å². The maximum absolute atomic E-state index is 5.80. The number of halogens is 1. The van der Waals surface area contributed by atoms with Gasteiger partial charge in [0.2, 0.25) is 0 Å². The second-order valence-electron chi connectivity index (χ2n) is 3.62. The van der Waals surface area contributed by atoms with E-state index in [-0.39, 0.29) is 0 Å². The summed E-state index contributed by atoms with van der Waals surface area (Å²) >= 11 is 5.80. The van der Waals surface area contributed by atoms with Crippen molar-refractivity contribution >= 4 is 23.5 Å². The van der Waals surface area contributed by atoms with Crippen molar-refractivity contribution in [2.24, 2.45) is 5.10 Å². The number of hydrogen-bond donors (Lipinski definition) is 1. The predicted octanol–water partition coefficient (Wildman–Crippen LogP) is 3.79. The monoisotopic (exact) mass is 260 g/mol. The van der Waals surface area contributed by atoms with Crippen LogP contribution >= 0.6 is 11.6 Å². The van der Waals surface area contributed by atoms with Crippen LogP contribution in [-0.4, -0.2) is 13.3 Å². The topological polar surface area (TPSA) is 33.6 Å². The van der Waals surface area contributed by atoms with Gasteiger partial charge in [0.15, 0.2) is 0 Å². The summed E-state index contributed by atoms with van der Waals surface area (Å²) in [5, 5.41) is 4.86. The summed E-state index contributed by atoms with van der Waals surface area (Å²) in [5.74, 6) is 0.791. The zero-order valence-corrected chi connectivity index (χ0v) is 10.7. The van der Waals surface area contributed by atoms with Crippen LogP contribution in [0.15, 0.2) is 53.6 Å². The summed E-state index contributed by atoms with van der Waals surface area (Å²) in [5.41, 5.74) is 4.73. The highest BCUT2D eigenvalue weighted by molar-refractivity contribution is 6.30. The van der Waals surface area contributed by atoms with Crippen molar-refractivity contribution in [3.63, 3.8) is 0 Å².